The molecule has 1 aromatic rings. The molecule has 0 unspecified atom stereocenters. The monoisotopic (exact) mass is 201 g/mol. The van der Waals surface area contributed by atoms with Gasteiger partial charge in [-0.25, -0.2) is 10.1 Å². The van der Waals surface area contributed by atoms with Crippen molar-refractivity contribution in [3.05, 3.63) is 10.9 Å². The zero-order valence-electron chi connectivity index (χ0n) is 7.94. The van der Waals surface area contributed by atoms with E-state index in [4.69, 9.17) is 4.74 Å². The zero-order chi connectivity index (χ0) is 10.6. The molecular weight excluding hydrogens is 190 g/mol. The van der Waals surface area contributed by atoms with E-state index in [1.807, 2.05) is 6.92 Å². The number of amides is 1. The normalized spacial score (nSPS) is 9.86. The van der Waals surface area contributed by atoms with Gasteiger partial charge in [-0.1, -0.05) is 11.8 Å². The first-order valence-corrected chi connectivity index (χ1v) is 4.15. The van der Waals surface area contributed by atoms with Crippen LogP contribution in [0.1, 0.15) is 19.0 Å². The molecule has 14 heavy (non-hydrogen) atoms. The van der Waals surface area contributed by atoms with Crippen LogP contribution in [0.4, 0.5) is 10.6 Å². The molecule has 0 aliphatic heterocycles. The van der Waals surface area contributed by atoms with Crippen LogP contribution in [-0.4, -0.2) is 17.9 Å². The topological polar surface area (TPSA) is 91.3 Å². The van der Waals surface area contributed by atoms with Crippen LogP contribution < -0.4 is 10.2 Å². The minimum Gasteiger partial charge on any atom is -0.438 e. The molecule has 0 spiro atoms. The molecule has 0 aromatic carbocycles. The molecule has 1 amide bonds. The molecule has 1 rings (SSSR count). The maximum Gasteiger partial charge on any atom is 0.474 e. The highest BCUT2D eigenvalue weighted by atomic mass is 16.8. The Morgan fingerprint density at radius 1 is 1.79 bits per heavy atom. The number of carbonyl (C=O) groups excluding carboxylic acids is 1. The number of hydrogen-bond donors (Lipinski definition) is 1. The Kier molecular flexibility index (Phi) is 3.27. The summed E-state index contributed by atoms with van der Waals surface area (Å²) in [4.78, 5) is 11.1. The molecule has 1 aromatic heterocycles. The molecule has 1 N–H and O–H groups in total. The quantitative estimate of drug-likeness (QED) is 0.722. The highest BCUT2D eigenvalue weighted by molar-refractivity contribution is 5.82. The molecule has 0 saturated carbocycles. The van der Waals surface area contributed by atoms with Gasteiger partial charge in [-0.3, -0.25) is 0 Å². The molecule has 0 atom stereocenters. The van der Waals surface area contributed by atoms with Gasteiger partial charge < -0.3 is 14.6 Å². The summed E-state index contributed by atoms with van der Waals surface area (Å²) in [6.45, 7) is 3.70. The summed E-state index contributed by atoms with van der Waals surface area (Å²) in [6, 6.07) is 0. The number of hydrogen-bond acceptors (Lipinski definition) is 5. The van der Waals surface area contributed by atoms with Crippen LogP contribution in [-0.2, 0) is 4.74 Å². The lowest BCUT2D eigenvalue weighted by atomic mass is 10.5. The standard InChI is InChI=1S/C7H11N3O4/c1-3-4-13-7(11)8-6-5(2)9-14-10(6)12/h3-4H2,1-2H3,(H,8,11). The van der Waals surface area contributed by atoms with Crippen molar-refractivity contribution in [2.45, 2.75) is 20.3 Å². The predicted octanol–water partition coefficient (Wildman–Crippen LogP) is 0.575. The van der Waals surface area contributed by atoms with Crippen LogP contribution in [0.3, 0.4) is 0 Å². The van der Waals surface area contributed by atoms with E-state index in [2.05, 4.69) is 15.1 Å². The second-order valence-corrected chi connectivity index (χ2v) is 2.62. The molecule has 1 heterocycles. The van der Waals surface area contributed by atoms with Crippen molar-refractivity contribution >= 4 is 11.9 Å². The van der Waals surface area contributed by atoms with Crippen LogP contribution in [0.25, 0.3) is 0 Å². The van der Waals surface area contributed by atoms with E-state index < -0.39 is 6.09 Å². The van der Waals surface area contributed by atoms with Crippen molar-refractivity contribution in [1.82, 2.24) is 5.16 Å². The molecule has 0 saturated heterocycles. The predicted molar refractivity (Wildman–Crippen MR) is 45.5 cm³/mol. The molecule has 0 radical (unpaired) electrons. The summed E-state index contributed by atoms with van der Waals surface area (Å²) in [5.41, 5.74) is 0.299. The lowest BCUT2D eigenvalue weighted by Gasteiger charge is -2.00. The second-order valence-electron chi connectivity index (χ2n) is 2.62. The number of aryl methyl sites for hydroxylation is 1. The molecular formula is C7H11N3O4. The fraction of sp³-hybridized carbons (Fsp3) is 0.571. The first-order chi connectivity index (χ1) is 6.65. The van der Waals surface area contributed by atoms with Crippen molar-refractivity contribution in [3.63, 3.8) is 0 Å². The Balaban J connectivity index is 2.55. The second kappa shape index (κ2) is 4.45. The van der Waals surface area contributed by atoms with E-state index in [9.17, 15) is 10.0 Å². The van der Waals surface area contributed by atoms with E-state index >= 15 is 0 Å². The van der Waals surface area contributed by atoms with E-state index in [0.29, 0.717) is 18.7 Å². The number of aromatic nitrogens is 2. The highest BCUT2D eigenvalue weighted by Gasteiger charge is 2.17. The maximum atomic E-state index is 11.0. The minimum atomic E-state index is -0.692. The number of anilines is 1. The molecule has 0 fully saturated rings. The van der Waals surface area contributed by atoms with Gasteiger partial charge in [0.15, 0.2) is 0 Å². The summed E-state index contributed by atoms with van der Waals surface area (Å²) >= 11 is 0. The molecule has 7 nitrogen and oxygen atoms in total. The van der Waals surface area contributed by atoms with E-state index in [-0.39, 0.29) is 10.7 Å². The summed E-state index contributed by atoms with van der Waals surface area (Å²) in [7, 11) is 0. The number of rotatable bonds is 3. The summed E-state index contributed by atoms with van der Waals surface area (Å²) in [5, 5.41) is 16.4. The Morgan fingerprint density at radius 3 is 3.00 bits per heavy atom. The number of nitrogens with zero attached hydrogens (tertiary/aromatic N) is 2. The smallest absolute Gasteiger partial charge is 0.438 e. The average Bonchev–Trinajstić information content (AvgIpc) is 2.46. The van der Waals surface area contributed by atoms with Crippen molar-refractivity contribution in [2.24, 2.45) is 0 Å². The SMILES string of the molecule is CCCOC(=O)Nc1c(C)no[n+]1[O-]. The largest absolute Gasteiger partial charge is 0.474 e. The van der Waals surface area contributed by atoms with Gasteiger partial charge in [0.1, 0.15) is 0 Å². The lowest BCUT2D eigenvalue weighted by molar-refractivity contribution is -0.790. The molecule has 0 aliphatic carbocycles. The minimum absolute atomic E-state index is 0.0499. The van der Waals surface area contributed by atoms with Crippen molar-refractivity contribution < 1.29 is 19.1 Å². The average molecular weight is 201 g/mol. The van der Waals surface area contributed by atoms with Gasteiger partial charge in [0.25, 0.3) is 0 Å². The fourth-order valence-electron chi connectivity index (χ4n) is 0.778. The summed E-state index contributed by atoms with van der Waals surface area (Å²) in [5.74, 6) is -0.0499. The van der Waals surface area contributed by atoms with E-state index in [1.54, 1.807) is 0 Å². The third-order valence-electron chi connectivity index (χ3n) is 1.43. The number of carbonyl (C=O) groups is 1. The van der Waals surface area contributed by atoms with Gasteiger partial charge in [-0.05, 0) is 11.6 Å². The Bertz CT molecular complexity index is 303. The molecule has 78 valence electrons. The van der Waals surface area contributed by atoms with Crippen LogP contribution >= 0.6 is 0 Å². The van der Waals surface area contributed by atoms with Crippen LogP contribution in [0, 0.1) is 12.1 Å². The Labute approximate surface area is 80.2 Å². The van der Waals surface area contributed by atoms with Gasteiger partial charge in [-0.2, -0.15) is 0 Å². The third kappa shape index (κ3) is 2.35. The Hall–Kier alpha value is -1.79. The first-order valence-electron chi connectivity index (χ1n) is 4.15. The van der Waals surface area contributed by atoms with E-state index in [1.165, 1.54) is 6.92 Å². The summed E-state index contributed by atoms with van der Waals surface area (Å²) in [6.07, 6.45) is 0.0238. The van der Waals surface area contributed by atoms with E-state index in [0.717, 1.165) is 0 Å². The van der Waals surface area contributed by atoms with Gasteiger partial charge in [-0.15, -0.1) is 0 Å². The van der Waals surface area contributed by atoms with Gasteiger partial charge in [0, 0.05) is 6.92 Å². The van der Waals surface area contributed by atoms with Crippen molar-refractivity contribution in [2.75, 3.05) is 11.9 Å². The molecule has 0 aliphatic rings. The van der Waals surface area contributed by atoms with Gasteiger partial charge in [0.05, 0.1) is 6.61 Å². The zero-order valence-corrected chi connectivity index (χ0v) is 7.94. The van der Waals surface area contributed by atoms with Crippen molar-refractivity contribution in [1.29, 1.82) is 0 Å². The van der Waals surface area contributed by atoms with Gasteiger partial charge >= 0.3 is 11.9 Å². The van der Waals surface area contributed by atoms with Crippen LogP contribution in [0.5, 0.6) is 0 Å². The lowest BCUT2D eigenvalue weighted by Crippen LogP contribution is -2.30. The van der Waals surface area contributed by atoms with Crippen molar-refractivity contribution in [3.8, 4) is 0 Å². The Morgan fingerprint density at radius 2 is 2.50 bits per heavy atom. The van der Waals surface area contributed by atoms with Gasteiger partial charge in [0.2, 0.25) is 5.69 Å². The molecule has 0 bridgehead atoms. The van der Waals surface area contributed by atoms with Crippen LogP contribution in [0.15, 0.2) is 4.63 Å². The number of nitrogens with one attached hydrogen (secondary N) is 1. The first kappa shape index (κ1) is 10.3. The molecule has 7 heteroatoms. The number of ether oxygens (including phenoxy) is 1. The fourth-order valence-corrected chi connectivity index (χ4v) is 0.778. The third-order valence-corrected chi connectivity index (χ3v) is 1.43. The maximum absolute atomic E-state index is 11.0. The summed E-state index contributed by atoms with van der Waals surface area (Å²) < 4.78 is 8.94. The highest BCUT2D eigenvalue weighted by Crippen LogP contribution is 2.04. The van der Waals surface area contributed by atoms with Crippen LogP contribution in [0.2, 0.25) is 0 Å².